The van der Waals surface area contributed by atoms with Crippen LogP contribution in [0.2, 0.25) is 0 Å². The first-order chi connectivity index (χ1) is 17.6. The normalized spacial score (nSPS) is 17.5. The first-order valence-corrected chi connectivity index (χ1v) is 13.2. The molecule has 1 aliphatic heterocycles. The van der Waals surface area contributed by atoms with E-state index in [-0.39, 0.29) is 23.5 Å². The van der Waals surface area contributed by atoms with Crippen LogP contribution in [0.25, 0.3) is 11.1 Å². The third-order valence-electron chi connectivity index (χ3n) is 6.08. The Morgan fingerprint density at radius 1 is 1.00 bits per heavy atom. The van der Waals surface area contributed by atoms with Gasteiger partial charge in [-0.15, -0.1) is 0 Å². The van der Waals surface area contributed by atoms with E-state index < -0.39 is 45.6 Å². The van der Waals surface area contributed by atoms with Crippen LogP contribution in [-0.2, 0) is 19.4 Å². The van der Waals surface area contributed by atoms with Crippen LogP contribution in [-0.4, -0.2) is 57.3 Å². The molecule has 37 heavy (non-hydrogen) atoms. The van der Waals surface area contributed by atoms with E-state index >= 15 is 4.39 Å². The topological polar surface area (TPSA) is 105 Å². The molecule has 11 heteroatoms. The van der Waals surface area contributed by atoms with Gasteiger partial charge in [0.05, 0.1) is 16.7 Å². The summed E-state index contributed by atoms with van der Waals surface area (Å²) < 4.78 is 57.8. The molecule has 1 fully saturated rings. The fraction of sp³-hybridized carbons (Fsp3) is 0.231. The zero-order valence-electron chi connectivity index (χ0n) is 20.1. The molecule has 2 atom stereocenters. The number of anilines is 2. The van der Waals surface area contributed by atoms with Crippen LogP contribution in [0.5, 0.6) is 0 Å². The Kier molecular flexibility index (Phi) is 7.55. The van der Waals surface area contributed by atoms with E-state index in [4.69, 9.17) is 4.74 Å². The van der Waals surface area contributed by atoms with Gasteiger partial charge in [-0.25, -0.2) is 22.0 Å². The SMILES string of the molecule is CO[C@@H]1C[C@H](C(=O)Nc2ccc(-c3ccccc3S(C)(=O)=O)cc2F)N(C(=O)Nc2ccc(F)cc2)C1. The highest BCUT2D eigenvalue weighted by Gasteiger charge is 2.40. The minimum absolute atomic E-state index is 0.0607. The molecule has 8 nitrogen and oxygen atoms in total. The zero-order chi connectivity index (χ0) is 26.7. The second-order valence-electron chi connectivity index (χ2n) is 8.65. The van der Waals surface area contributed by atoms with Gasteiger partial charge >= 0.3 is 6.03 Å². The lowest BCUT2D eigenvalue weighted by atomic mass is 10.0. The van der Waals surface area contributed by atoms with Gasteiger partial charge in [-0.1, -0.05) is 24.3 Å². The number of methoxy groups -OCH3 is 1. The van der Waals surface area contributed by atoms with E-state index in [1.54, 1.807) is 18.2 Å². The van der Waals surface area contributed by atoms with E-state index in [0.29, 0.717) is 16.8 Å². The number of ether oxygens (including phenoxy) is 1. The number of benzene rings is 3. The van der Waals surface area contributed by atoms with Crippen molar-refractivity contribution in [1.82, 2.24) is 4.90 Å². The molecule has 194 valence electrons. The lowest BCUT2D eigenvalue weighted by Crippen LogP contribution is -2.45. The fourth-order valence-corrected chi connectivity index (χ4v) is 5.11. The Hall–Kier alpha value is -3.83. The van der Waals surface area contributed by atoms with E-state index in [1.807, 2.05) is 0 Å². The number of amides is 3. The average molecular weight is 530 g/mol. The van der Waals surface area contributed by atoms with Crippen molar-refractivity contribution in [3.63, 3.8) is 0 Å². The van der Waals surface area contributed by atoms with Gasteiger partial charge in [-0.3, -0.25) is 4.79 Å². The molecule has 4 rings (SSSR count). The first-order valence-electron chi connectivity index (χ1n) is 11.3. The standard InChI is InChI=1S/C26H25F2N3O5S/c1-36-19-14-23(31(15-19)26(33)29-18-10-8-17(27)9-11-18)25(32)30-22-12-7-16(13-21(22)28)20-5-3-4-6-24(20)37(2,34)35/h3-13,19,23H,14-15H2,1-2H3,(H,29,33)(H,30,32)/t19-,23-/m1/s1. The maximum Gasteiger partial charge on any atom is 0.322 e. The number of carbonyl (C=O) groups is 2. The monoisotopic (exact) mass is 529 g/mol. The summed E-state index contributed by atoms with van der Waals surface area (Å²) in [6.07, 6.45) is 0.860. The Morgan fingerprint density at radius 3 is 2.35 bits per heavy atom. The molecule has 1 aliphatic rings. The quantitative estimate of drug-likeness (QED) is 0.496. The van der Waals surface area contributed by atoms with Gasteiger partial charge in [-0.2, -0.15) is 0 Å². The van der Waals surface area contributed by atoms with Crippen LogP contribution >= 0.6 is 0 Å². The molecule has 2 N–H and O–H groups in total. The van der Waals surface area contributed by atoms with E-state index in [2.05, 4.69) is 10.6 Å². The van der Waals surface area contributed by atoms with Crippen molar-refractivity contribution < 1.29 is 31.5 Å². The van der Waals surface area contributed by atoms with Gasteiger partial charge in [0.2, 0.25) is 5.91 Å². The molecule has 1 saturated heterocycles. The van der Waals surface area contributed by atoms with Gasteiger partial charge in [0.1, 0.15) is 17.7 Å². The zero-order valence-corrected chi connectivity index (χ0v) is 20.9. The van der Waals surface area contributed by atoms with Gasteiger partial charge in [0, 0.05) is 37.6 Å². The van der Waals surface area contributed by atoms with Crippen molar-refractivity contribution in [3.8, 4) is 11.1 Å². The Balaban J connectivity index is 1.53. The van der Waals surface area contributed by atoms with Crippen LogP contribution in [0.4, 0.5) is 25.0 Å². The van der Waals surface area contributed by atoms with Crippen LogP contribution in [0.15, 0.2) is 71.6 Å². The van der Waals surface area contributed by atoms with E-state index in [9.17, 15) is 22.4 Å². The third-order valence-corrected chi connectivity index (χ3v) is 7.23. The van der Waals surface area contributed by atoms with Crippen LogP contribution < -0.4 is 10.6 Å². The summed E-state index contributed by atoms with van der Waals surface area (Å²) >= 11 is 0. The number of hydrogen-bond acceptors (Lipinski definition) is 5. The molecular formula is C26H25F2N3O5S. The van der Waals surface area contributed by atoms with Gasteiger partial charge in [0.25, 0.3) is 0 Å². The summed E-state index contributed by atoms with van der Waals surface area (Å²) in [6, 6.07) is 13.9. The Morgan fingerprint density at radius 2 is 1.70 bits per heavy atom. The number of nitrogens with one attached hydrogen (secondary N) is 2. The highest BCUT2D eigenvalue weighted by molar-refractivity contribution is 7.90. The lowest BCUT2D eigenvalue weighted by Gasteiger charge is -2.24. The Bertz CT molecular complexity index is 1430. The summed E-state index contributed by atoms with van der Waals surface area (Å²) in [7, 11) is -2.08. The molecular weight excluding hydrogens is 504 g/mol. The van der Waals surface area contributed by atoms with Crippen molar-refractivity contribution in [2.24, 2.45) is 0 Å². The number of halogens is 2. The van der Waals surface area contributed by atoms with Gasteiger partial charge < -0.3 is 20.3 Å². The summed E-state index contributed by atoms with van der Waals surface area (Å²) in [4.78, 5) is 27.3. The van der Waals surface area contributed by atoms with Gasteiger partial charge in [-0.05, 0) is 48.0 Å². The van der Waals surface area contributed by atoms with Crippen molar-refractivity contribution in [2.45, 2.75) is 23.5 Å². The van der Waals surface area contributed by atoms with Gasteiger partial charge in [0.15, 0.2) is 9.84 Å². The van der Waals surface area contributed by atoms with Crippen LogP contribution in [0.1, 0.15) is 6.42 Å². The summed E-state index contributed by atoms with van der Waals surface area (Å²) in [5.41, 5.74) is 0.897. The maximum atomic E-state index is 15.0. The van der Waals surface area contributed by atoms with Crippen molar-refractivity contribution in [3.05, 3.63) is 78.4 Å². The summed E-state index contributed by atoms with van der Waals surface area (Å²) in [6.45, 7) is 0.130. The van der Waals surface area contributed by atoms with Crippen molar-refractivity contribution in [2.75, 3.05) is 30.5 Å². The third kappa shape index (κ3) is 5.95. The number of carbonyl (C=O) groups excluding carboxylic acids is 2. The number of rotatable bonds is 6. The number of sulfone groups is 1. The number of nitrogens with zero attached hydrogens (tertiary/aromatic N) is 1. The minimum Gasteiger partial charge on any atom is -0.380 e. The predicted octanol–water partition coefficient (Wildman–Crippen LogP) is 4.30. The second kappa shape index (κ2) is 10.7. The highest BCUT2D eigenvalue weighted by atomic mass is 32.2. The van der Waals surface area contributed by atoms with E-state index in [1.165, 1.54) is 54.5 Å². The molecule has 0 unspecified atom stereocenters. The molecule has 3 amide bonds. The van der Waals surface area contributed by atoms with Crippen LogP contribution in [0.3, 0.4) is 0 Å². The number of urea groups is 1. The first kappa shape index (κ1) is 26.2. The summed E-state index contributed by atoms with van der Waals surface area (Å²) in [5, 5.41) is 5.14. The smallest absolute Gasteiger partial charge is 0.322 e. The lowest BCUT2D eigenvalue weighted by molar-refractivity contribution is -0.119. The molecule has 0 saturated carbocycles. The number of hydrogen-bond donors (Lipinski definition) is 2. The maximum absolute atomic E-state index is 15.0. The Labute approximate surface area is 213 Å². The highest BCUT2D eigenvalue weighted by Crippen LogP contribution is 2.30. The minimum atomic E-state index is -3.55. The molecule has 0 radical (unpaired) electrons. The van der Waals surface area contributed by atoms with Crippen LogP contribution in [0, 0.1) is 11.6 Å². The van der Waals surface area contributed by atoms with Crippen molar-refractivity contribution >= 4 is 33.2 Å². The summed E-state index contributed by atoms with van der Waals surface area (Å²) in [5.74, 6) is -1.83. The molecule has 0 aliphatic carbocycles. The molecule has 3 aromatic carbocycles. The average Bonchev–Trinajstić information content (AvgIpc) is 3.31. The number of likely N-dealkylation sites (tertiary alicyclic amines) is 1. The molecule has 0 bridgehead atoms. The molecule has 3 aromatic rings. The molecule has 1 heterocycles. The largest absolute Gasteiger partial charge is 0.380 e. The predicted molar refractivity (Wildman–Crippen MR) is 135 cm³/mol. The van der Waals surface area contributed by atoms with Crippen molar-refractivity contribution in [1.29, 1.82) is 0 Å². The molecule has 0 aromatic heterocycles. The second-order valence-corrected chi connectivity index (χ2v) is 10.6. The fourth-order valence-electron chi connectivity index (χ4n) is 4.20. The van der Waals surface area contributed by atoms with E-state index in [0.717, 1.165) is 12.3 Å². The molecule has 0 spiro atoms.